The number of carboxylic acids is 1. The summed E-state index contributed by atoms with van der Waals surface area (Å²) in [6.07, 6.45) is 3.70. The van der Waals surface area contributed by atoms with E-state index in [1.54, 1.807) is 31.4 Å². The van der Waals surface area contributed by atoms with Crippen molar-refractivity contribution >= 4 is 5.97 Å². The van der Waals surface area contributed by atoms with E-state index in [0.29, 0.717) is 12.2 Å². The standard InChI is InChI=1S/C8H13N3O2/c1-11(2)6(8(12)13)5-7-9-3-4-10-7/h3-4,6H,5H2,1-2H3,(H,9,10)(H,12,13). The third-order valence-electron chi connectivity index (χ3n) is 1.85. The summed E-state index contributed by atoms with van der Waals surface area (Å²) in [6.45, 7) is 0. The van der Waals surface area contributed by atoms with E-state index in [1.807, 2.05) is 0 Å². The molecular weight excluding hydrogens is 170 g/mol. The first-order chi connectivity index (χ1) is 6.11. The van der Waals surface area contributed by atoms with Gasteiger partial charge in [-0.15, -0.1) is 0 Å². The van der Waals surface area contributed by atoms with Crippen molar-refractivity contribution in [2.45, 2.75) is 12.5 Å². The van der Waals surface area contributed by atoms with E-state index in [2.05, 4.69) is 9.97 Å². The van der Waals surface area contributed by atoms with Crippen LogP contribution in [-0.4, -0.2) is 46.1 Å². The van der Waals surface area contributed by atoms with E-state index < -0.39 is 12.0 Å². The lowest BCUT2D eigenvalue weighted by Gasteiger charge is -2.18. The van der Waals surface area contributed by atoms with Crippen LogP contribution >= 0.6 is 0 Å². The Morgan fingerprint density at radius 1 is 1.77 bits per heavy atom. The summed E-state index contributed by atoms with van der Waals surface area (Å²) < 4.78 is 0. The minimum Gasteiger partial charge on any atom is -0.480 e. The highest BCUT2D eigenvalue weighted by molar-refractivity contribution is 5.73. The zero-order chi connectivity index (χ0) is 9.84. The molecule has 13 heavy (non-hydrogen) atoms. The fraction of sp³-hybridized carbons (Fsp3) is 0.500. The molecule has 1 aromatic rings. The molecule has 1 heterocycles. The maximum Gasteiger partial charge on any atom is 0.321 e. The van der Waals surface area contributed by atoms with Gasteiger partial charge in [-0.1, -0.05) is 0 Å². The molecule has 0 saturated heterocycles. The number of imidazole rings is 1. The van der Waals surface area contributed by atoms with Crippen LogP contribution in [0.2, 0.25) is 0 Å². The Labute approximate surface area is 76.4 Å². The van der Waals surface area contributed by atoms with Gasteiger partial charge < -0.3 is 10.1 Å². The zero-order valence-corrected chi connectivity index (χ0v) is 7.69. The Bertz CT molecular complexity index is 269. The van der Waals surface area contributed by atoms with Gasteiger partial charge in [0.2, 0.25) is 0 Å². The van der Waals surface area contributed by atoms with Gasteiger partial charge in [0.25, 0.3) is 0 Å². The number of hydrogen-bond donors (Lipinski definition) is 2. The molecule has 0 aromatic carbocycles. The topological polar surface area (TPSA) is 69.2 Å². The summed E-state index contributed by atoms with van der Waals surface area (Å²) in [6, 6.07) is -0.522. The second-order valence-corrected chi connectivity index (χ2v) is 3.06. The first kappa shape index (κ1) is 9.73. The van der Waals surface area contributed by atoms with Crippen molar-refractivity contribution in [2.75, 3.05) is 14.1 Å². The van der Waals surface area contributed by atoms with Crippen LogP contribution in [0, 0.1) is 0 Å². The smallest absolute Gasteiger partial charge is 0.321 e. The van der Waals surface area contributed by atoms with Crippen LogP contribution < -0.4 is 0 Å². The number of nitrogens with zero attached hydrogens (tertiary/aromatic N) is 2. The summed E-state index contributed by atoms with van der Waals surface area (Å²) >= 11 is 0. The first-order valence-corrected chi connectivity index (χ1v) is 3.98. The summed E-state index contributed by atoms with van der Waals surface area (Å²) in [4.78, 5) is 19.3. The van der Waals surface area contributed by atoms with Gasteiger partial charge in [-0.3, -0.25) is 9.69 Å². The van der Waals surface area contributed by atoms with Crippen molar-refractivity contribution in [1.82, 2.24) is 14.9 Å². The van der Waals surface area contributed by atoms with Crippen molar-refractivity contribution in [3.05, 3.63) is 18.2 Å². The highest BCUT2D eigenvalue weighted by Gasteiger charge is 2.20. The van der Waals surface area contributed by atoms with Gasteiger partial charge in [-0.2, -0.15) is 0 Å². The zero-order valence-electron chi connectivity index (χ0n) is 7.69. The number of aromatic amines is 1. The maximum absolute atomic E-state index is 10.8. The Hall–Kier alpha value is -1.36. The van der Waals surface area contributed by atoms with Gasteiger partial charge in [0, 0.05) is 18.8 Å². The molecular formula is C8H13N3O2. The lowest BCUT2D eigenvalue weighted by atomic mass is 10.2. The van der Waals surface area contributed by atoms with E-state index in [9.17, 15) is 4.79 Å². The molecule has 0 fully saturated rings. The van der Waals surface area contributed by atoms with Crippen LogP contribution in [0.15, 0.2) is 12.4 Å². The van der Waals surface area contributed by atoms with Crippen LogP contribution in [0.1, 0.15) is 5.82 Å². The van der Waals surface area contributed by atoms with E-state index >= 15 is 0 Å². The van der Waals surface area contributed by atoms with Crippen LogP contribution in [0.5, 0.6) is 0 Å². The Kier molecular flexibility index (Phi) is 3.02. The summed E-state index contributed by atoms with van der Waals surface area (Å²) in [7, 11) is 3.48. The molecule has 0 bridgehead atoms. The molecule has 2 N–H and O–H groups in total. The number of aromatic nitrogens is 2. The molecule has 5 nitrogen and oxygen atoms in total. The summed E-state index contributed by atoms with van der Waals surface area (Å²) in [5.41, 5.74) is 0. The van der Waals surface area contributed by atoms with Crippen molar-refractivity contribution in [1.29, 1.82) is 0 Å². The lowest BCUT2D eigenvalue weighted by molar-refractivity contribution is -0.142. The third-order valence-corrected chi connectivity index (χ3v) is 1.85. The average Bonchev–Trinajstić information content (AvgIpc) is 2.50. The molecule has 0 spiro atoms. The third kappa shape index (κ3) is 2.55. The minimum absolute atomic E-state index is 0.398. The highest BCUT2D eigenvalue weighted by Crippen LogP contribution is 2.01. The number of nitrogens with one attached hydrogen (secondary N) is 1. The van der Waals surface area contributed by atoms with E-state index in [1.165, 1.54) is 0 Å². The van der Waals surface area contributed by atoms with Gasteiger partial charge in [-0.05, 0) is 14.1 Å². The van der Waals surface area contributed by atoms with Crippen LogP contribution in [0.3, 0.4) is 0 Å². The molecule has 0 amide bonds. The van der Waals surface area contributed by atoms with Crippen molar-refractivity contribution in [2.24, 2.45) is 0 Å². The maximum atomic E-state index is 10.8. The fourth-order valence-corrected chi connectivity index (χ4v) is 1.08. The largest absolute Gasteiger partial charge is 0.480 e. The predicted molar refractivity (Wildman–Crippen MR) is 47.4 cm³/mol. The quantitative estimate of drug-likeness (QED) is 0.687. The van der Waals surface area contributed by atoms with Gasteiger partial charge in [0.15, 0.2) is 0 Å². The number of carbonyl (C=O) groups is 1. The average molecular weight is 183 g/mol. The van der Waals surface area contributed by atoms with Gasteiger partial charge in [-0.25, -0.2) is 4.98 Å². The SMILES string of the molecule is CN(C)C(Cc1ncc[nH]1)C(=O)O. The molecule has 0 aliphatic carbocycles. The van der Waals surface area contributed by atoms with Gasteiger partial charge >= 0.3 is 5.97 Å². The molecule has 0 aliphatic heterocycles. The second kappa shape index (κ2) is 4.04. The number of H-pyrrole nitrogens is 1. The molecule has 0 aliphatic rings. The molecule has 72 valence electrons. The predicted octanol–water partition coefficient (Wildman–Crippen LogP) is -0.0330. The molecule has 1 rings (SSSR count). The number of rotatable bonds is 4. The molecule has 1 aromatic heterocycles. The first-order valence-electron chi connectivity index (χ1n) is 3.98. The minimum atomic E-state index is -0.832. The molecule has 5 heteroatoms. The van der Waals surface area contributed by atoms with E-state index in [-0.39, 0.29) is 0 Å². The van der Waals surface area contributed by atoms with Gasteiger partial charge in [0.05, 0.1) is 0 Å². The van der Waals surface area contributed by atoms with Crippen molar-refractivity contribution < 1.29 is 9.90 Å². The molecule has 0 radical (unpaired) electrons. The Balaban J connectivity index is 2.63. The van der Waals surface area contributed by atoms with Crippen molar-refractivity contribution in [3.63, 3.8) is 0 Å². The van der Waals surface area contributed by atoms with E-state index in [4.69, 9.17) is 5.11 Å². The van der Waals surface area contributed by atoms with E-state index in [0.717, 1.165) is 0 Å². The van der Waals surface area contributed by atoms with Gasteiger partial charge in [0.1, 0.15) is 11.9 Å². The van der Waals surface area contributed by atoms with Crippen LogP contribution in [0.25, 0.3) is 0 Å². The molecule has 1 unspecified atom stereocenters. The van der Waals surface area contributed by atoms with Crippen LogP contribution in [-0.2, 0) is 11.2 Å². The van der Waals surface area contributed by atoms with Crippen molar-refractivity contribution in [3.8, 4) is 0 Å². The normalized spacial score (nSPS) is 13.2. The van der Waals surface area contributed by atoms with Crippen LogP contribution in [0.4, 0.5) is 0 Å². The number of carboxylic acid groups (broad SMARTS) is 1. The monoisotopic (exact) mass is 183 g/mol. The highest BCUT2D eigenvalue weighted by atomic mass is 16.4. The Morgan fingerprint density at radius 2 is 2.46 bits per heavy atom. The number of hydrogen-bond acceptors (Lipinski definition) is 3. The summed E-state index contributed by atoms with van der Waals surface area (Å²) in [5.74, 6) is -0.137. The molecule has 0 saturated carbocycles. The second-order valence-electron chi connectivity index (χ2n) is 3.06. The number of aliphatic carboxylic acids is 1. The lowest BCUT2D eigenvalue weighted by Crippen LogP contribution is -2.37. The summed E-state index contributed by atoms with van der Waals surface area (Å²) in [5, 5.41) is 8.86. The Morgan fingerprint density at radius 3 is 2.85 bits per heavy atom. The number of likely N-dealkylation sites (N-methyl/N-ethyl adjacent to an activating group) is 1. The fourth-order valence-electron chi connectivity index (χ4n) is 1.08. The molecule has 1 atom stereocenters.